The van der Waals surface area contributed by atoms with Crippen LogP contribution in [-0.4, -0.2) is 55.1 Å². The normalized spacial score (nSPS) is 25.6. The van der Waals surface area contributed by atoms with Gasteiger partial charge in [0.25, 0.3) is 0 Å². The zero-order valence-corrected chi connectivity index (χ0v) is 21.7. The number of piperidine rings is 1. The molecule has 190 valence electrons. The molecule has 0 aliphatic carbocycles. The van der Waals surface area contributed by atoms with Crippen LogP contribution in [0.5, 0.6) is 0 Å². The Labute approximate surface area is 206 Å². The summed E-state index contributed by atoms with van der Waals surface area (Å²) in [5, 5.41) is 6.25. The summed E-state index contributed by atoms with van der Waals surface area (Å²) in [6, 6.07) is 8.16. The van der Waals surface area contributed by atoms with Gasteiger partial charge in [-0.15, -0.1) is 0 Å². The van der Waals surface area contributed by atoms with E-state index in [1.54, 1.807) is 0 Å². The fourth-order valence-corrected chi connectivity index (χ4v) is 5.19. The highest BCUT2D eigenvalue weighted by molar-refractivity contribution is 5.90. The number of benzene rings is 1. The molecule has 2 saturated heterocycles. The maximum Gasteiger partial charge on any atom is 0.242 e. The van der Waals surface area contributed by atoms with Crippen LogP contribution in [-0.2, 0) is 20.9 Å². The number of hydrogen-bond donors (Lipinski definition) is 2. The fourth-order valence-electron chi connectivity index (χ4n) is 5.19. The number of nitrogens with one attached hydrogen (secondary N) is 2. The van der Waals surface area contributed by atoms with Crippen molar-refractivity contribution in [2.24, 2.45) is 11.3 Å². The van der Waals surface area contributed by atoms with E-state index in [-0.39, 0.29) is 17.9 Å². The van der Waals surface area contributed by atoms with Crippen molar-refractivity contribution >= 4 is 11.8 Å². The maximum absolute atomic E-state index is 13.7. The van der Waals surface area contributed by atoms with Gasteiger partial charge in [-0.05, 0) is 70.5 Å². The monoisotopic (exact) mass is 471 g/mol. The molecule has 1 aromatic rings. The Kier molecular flexibility index (Phi) is 9.96. The minimum absolute atomic E-state index is 0.0685. The van der Waals surface area contributed by atoms with Crippen molar-refractivity contribution in [1.82, 2.24) is 15.5 Å². The van der Waals surface area contributed by atoms with Crippen LogP contribution in [0.15, 0.2) is 24.3 Å². The van der Waals surface area contributed by atoms with Gasteiger partial charge >= 0.3 is 0 Å². The van der Waals surface area contributed by atoms with Crippen LogP contribution in [0, 0.1) is 18.3 Å². The molecule has 0 radical (unpaired) electrons. The Balaban J connectivity index is 1.71. The van der Waals surface area contributed by atoms with E-state index in [9.17, 15) is 9.59 Å². The molecule has 2 fully saturated rings. The second-order valence-electron chi connectivity index (χ2n) is 11.0. The summed E-state index contributed by atoms with van der Waals surface area (Å²) in [5.41, 5.74) is 2.20. The molecule has 2 atom stereocenters. The number of aryl methyl sites for hydroxylation is 1. The lowest BCUT2D eigenvalue weighted by atomic mass is 9.73. The predicted molar refractivity (Wildman–Crippen MR) is 136 cm³/mol. The van der Waals surface area contributed by atoms with E-state index in [4.69, 9.17) is 4.74 Å². The highest BCUT2D eigenvalue weighted by Gasteiger charge is 2.42. The summed E-state index contributed by atoms with van der Waals surface area (Å²) < 4.78 is 5.78. The van der Waals surface area contributed by atoms with Gasteiger partial charge in [0.15, 0.2) is 0 Å². The van der Waals surface area contributed by atoms with Gasteiger partial charge in [-0.1, -0.05) is 56.5 Å². The summed E-state index contributed by atoms with van der Waals surface area (Å²) in [4.78, 5) is 29.2. The van der Waals surface area contributed by atoms with Crippen LogP contribution < -0.4 is 10.6 Å². The SMILES string of the molecule is Cc1ccc(CN2CCC3(CCCCCOC[C@@H](C)NC(=O)[C@H](CC(C)C)NC3=O)CC2)cc1. The number of rotatable bonds is 4. The third-order valence-electron chi connectivity index (χ3n) is 7.35. The van der Waals surface area contributed by atoms with E-state index in [0.29, 0.717) is 25.6 Å². The van der Waals surface area contributed by atoms with Crippen molar-refractivity contribution in [3.63, 3.8) is 0 Å². The van der Waals surface area contributed by atoms with Gasteiger partial charge in [-0.25, -0.2) is 0 Å². The van der Waals surface area contributed by atoms with Crippen LogP contribution in [0.3, 0.4) is 0 Å². The standard InChI is InChI=1S/C28H45N3O3/c1-21(2)18-25-26(32)29-23(4)20-34-17-7-5-6-12-28(27(33)30-25)13-15-31(16-14-28)19-24-10-8-22(3)9-11-24/h8-11,21,23,25H,5-7,12-20H2,1-4H3,(H,29,32)(H,30,33)/t23-,25+/m1/s1. The fraction of sp³-hybridized carbons (Fsp3) is 0.714. The maximum atomic E-state index is 13.7. The molecule has 1 spiro atoms. The molecule has 2 aliphatic heterocycles. The van der Waals surface area contributed by atoms with E-state index in [1.165, 1.54) is 11.1 Å². The smallest absolute Gasteiger partial charge is 0.242 e. The molecule has 2 aliphatic rings. The zero-order valence-electron chi connectivity index (χ0n) is 21.7. The minimum atomic E-state index is -0.500. The third kappa shape index (κ3) is 7.81. The Bertz CT molecular complexity index is 785. The molecule has 6 heteroatoms. The first-order chi connectivity index (χ1) is 16.3. The number of hydrogen-bond acceptors (Lipinski definition) is 4. The Morgan fingerprint density at radius 1 is 1.03 bits per heavy atom. The van der Waals surface area contributed by atoms with Crippen molar-refractivity contribution in [3.05, 3.63) is 35.4 Å². The van der Waals surface area contributed by atoms with Crippen molar-refractivity contribution in [1.29, 1.82) is 0 Å². The van der Waals surface area contributed by atoms with Crippen molar-refractivity contribution in [2.45, 2.75) is 91.3 Å². The van der Waals surface area contributed by atoms with Crippen LogP contribution in [0.25, 0.3) is 0 Å². The highest BCUT2D eigenvalue weighted by Crippen LogP contribution is 2.38. The number of likely N-dealkylation sites (tertiary alicyclic amines) is 1. The second kappa shape index (κ2) is 12.7. The third-order valence-corrected chi connectivity index (χ3v) is 7.35. The van der Waals surface area contributed by atoms with E-state index in [0.717, 1.165) is 58.2 Å². The average Bonchev–Trinajstić information content (AvgIpc) is 2.79. The van der Waals surface area contributed by atoms with Gasteiger partial charge in [0, 0.05) is 19.2 Å². The number of carbonyl (C=O) groups is 2. The van der Waals surface area contributed by atoms with Crippen molar-refractivity contribution in [3.8, 4) is 0 Å². The summed E-state index contributed by atoms with van der Waals surface area (Å²) in [6.07, 6.45) is 6.28. The zero-order chi connectivity index (χ0) is 24.6. The lowest BCUT2D eigenvalue weighted by molar-refractivity contribution is -0.139. The van der Waals surface area contributed by atoms with Crippen LogP contribution in [0.1, 0.15) is 76.8 Å². The Hall–Kier alpha value is -1.92. The number of carbonyl (C=O) groups excluding carboxylic acids is 2. The molecule has 3 rings (SSSR count). The molecule has 2 N–H and O–H groups in total. The van der Waals surface area contributed by atoms with Gasteiger partial charge in [0.1, 0.15) is 6.04 Å². The largest absolute Gasteiger partial charge is 0.379 e. The molecule has 0 bridgehead atoms. The van der Waals surface area contributed by atoms with E-state index in [2.05, 4.69) is 60.6 Å². The quantitative estimate of drug-likeness (QED) is 0.690. The van der Waals surface area contributed by atoms with Crippen LogP contribution in [0.4, 0.5) is 0 Å². The van der Waals surface area contributed by atoms with Gasteiger partial charge in [0.05, 0.1) is 12.0 Å². The Morgan fingerprint density at radius 2 is 1.74 bits per heavy atom. The first-order valence-electron chi connectivity index (χ1n) is 13.2. The Morgan fingerprint density at radius 3 is 2.41 bits per heavy atom. The summed E-state index contributed by atoms with van der Waals surface area (Å²) in [5.74, 6) is 0.292. The van der Waals surface area contributed by atoms with Crippen LogP contribution >= 0.6 is 0 Å². The highest BCUT2D eigenvalue weighted by atomic mass is 16.5. The molecule has 2 heterocycles. The van der Waals surface area contributed by atoms with Gasteiger partial charge in [-0.3, -0.25) is 14.5 Å². The van der Waals surface area contributed by atoms with Gasteiger partial charge in [0.2, 0.25) is 11.8 Å². The summed E-state index contributed by atoms with van der Waals surface area (Å²) >= 11 is 0. The van der Waals surface area contributed by atoms with E-state index in [1.807, 2.05) is 6.92 Å². The van der Waals surface area contributed by atoms with Crippen molar-refractivity contribution in [2.75, 3.05) is 26.3 Å². The molecule has 1 aromatic carbocycles. The average molecular weight is 472 g/mol. The molecular weight excluding hydrogens is 426 g/mol. The second-order valence-corrected chi connectivity index (χ2v) is 11.0. The lowest BCUT2D eigenvalue weighted by Crippen LogP contribution is -2.56. The first kappa shape index (κ1) is 26.7. The molecule has 6 nitrogen and oxygen atoms in total. The molecule has 0 aromatic heterocycles. The molecule has 0 unspecified atom stereocenters. The minimum Gasteiger partial charge on any atom is -0.379 e. The van der Waals surface area contributed by atoms with Crippen LogP contribution in [0.2, 0.25) is 0 Å². The molecule has 2 amide bonds. The molecular formula is C28H45N3O3. The number of nitrogens with zero attached hydrogens (tertiary/aromatic N) is 1. The summed E-state index contributed by atoms with van der Waals surface area (Å²) in [6.45, 7) is 12.2. The lowest BCUT2D eigenvalue weighted by Gasteiger charge is -2.41. The van der Waals surface area contributed by atoms with E-state index < -0.39 is 11.5 Å². The molecule has 34 heavy (non-hydrogen) atoms. The van der Waals surface area contributed by atoms with Gasteiger partial charge in [-0.2, -0.15) is 0 Å². The molecule has 0 saturated carbocycles. The van der Waals surface area contributed by atoms with Crippen molar-refractivity contribution < 1.29 is 14.3 Å². The van der Waals surface area contributed by atoms with E-state index >= 15 is 0 Å². The van der Waals surface area contributed by atoms with Gasteiger partial charge < -0.3 is 15.4 Å². The number of ether oxygens (including phenoxy) is 1. The number of amides is 2. The predicted octanol–water partition coefficient (Wildman–Crippen LogP) is 4.20. The first-order valence-corrected chi connectivity index (χ1v) is 13.2. The topological polar surface area (TPSA) is 70.7 Å². The summed E-state index contributed by atoms with van der Waals surface area (Å²) in [7, 11) is 0.